The van der Waals surface area contributed by atoms with Gasteiger partial charge in [-0.3, -0.25) is 4.79 Å². The maximum absolute atomic E-state index is 12.9. The second-order valence-corrected chi connectivity index (χ2v) is 11.4. The van der Waals surface area contributed by atoms with Crippen LogP contribution in [0.3, 0.4) is 0 Å². The summed E-state index contributed by atoms with van der Waals surface area (Å²) < 4.78 is 28.5. The van der Waals surface area contributed by atoms with Crippen LogP contribution in [-0.4, -0.2) is 37.6 Å². The number of thioether (sulfide) groups is 1. The van der Waals surface area contributed by atoms with E-state index in [1.54, 1.807) is 0 Å². The van der Waals surface area contributed by atoms with Gasteiger partial charge in [0.2, 0.25) is 10.0 Å². The normalized spacial score (nSPS) is 39.2. The van der Waals surface area contributed by atoms with Crippen molar-refractivity contribution in [3.63, 3.8) is 0 Å². The number of hydrogen-bond acceptors (Lipinski definition) is 5. The zero-order chi connectivity index (χ0) is 19.0. The number of allylic oxidation sites excluding steroid dienone is 2. The van der Waals surface area contributed by atoms with Crippen LogP contribution in [0.5, 0.6) is 0 Å². The van der Waals surface area contributed by atoms with Crippen molar-refractivity contribution >= 4 is 26.9 Å². The van der Waals surface area contributed by atoms with Gasteiger partial charge in [-0.25, -0.2) is 13.1 Å². The Morgan fingerprint density at radius 1 is 1.19 bits per heavy atom. The van der Waals surface area contributed by atoms with Gasteiger partial charge in [0.25, 0.3) is 0 Å². The van der Waals surface area contributed by atoms with Crippen LogP contribution in [0.4, 0.5) is 0 Å². The third-order valence-electron chi connectivity index (χ3n) is 6.71. The molecule has 0 aliphatic heterocycles. The zero-order valence-corrected chi connectivity index (χ0v) is 17.1. The molecule has 5 nitrogen and oxygen atoms in total. The molecular weight excluding hydrogens is 380 g/mol. The Bertz CT molecular complexity index is 783. The standard InChI is InChI=1S/C20H28N2O3S2/c21-12-14-2-5-16(9-14)20(23)26-8-7-22-27(24,25)19-10-13-1-4-15-11-18(19)17(15)6-3-13/h1,4,13-19,22H,2,5,7-12,21H2/t13-,14?,15+,16?,17?,18?,19?/m0/s1. The third-order valence-corrected chi connectivity index (χ3v) is 9.68. The molecule has 0 aromatic carbocycles. The van der Waals surface area contributed by atoms with Gasteiger partial charge in [0, 0.05) is 30.1 Å². The molecule has 0 amide bonds. The summed E-state index contributed by atoms with van der Waals surface area (Å²) in [6, 6.07) is 0. The lowest BCUT2D eigenvalue weighted by atomic mass is 9.62. The number of nitrogens with two attached hydrogens (primary N) is 1. The molecule has 5 unspecified atom stereocenters. The highest BCUT2D eigenvalue weighted by molar-refractivity contribution is 8.13. The Morgan fingerprint density at radius 3 is 2.81 bits per heavy atom. The van der Waals surface area contributed by atoms with Gasteiger partial charge in [-0.15, -0.1) is 0 Å². The maximum atomic E-state index is 12.9. The van der Waals surface area contributed by atoms with E-state index in [1.165, 1.54) is 11.8 Å². The fourth-order valence-corrected chi connectivity index (χ4v) is 7.82. The van der Waals surface area contributed by atoms with Crippen molar-refractivity contribution in [2.24, 2.45) is 41.2 Å². The van der Waals surface area contributed by atoms with Crippen LogP contribution >= 0.6 is 11.8 Å². The molecule has 3 N–H and O–H groups in total. The monoisotopic (exact) mass is 408 g/mol. The van der Waals surface area contributed by atoms with Crippen LogP contribution < -0.4 is 10.5 Å². The predicted octanol–water partition coefficient (Wildman–Crippen LogP) is 1.75. The smallest absolute Gasteiger partial charge is 0.214 e. The summed E-state index contributed by atoms with van der Waals surface area (Å²) in [5.74, 6) is 8.43. The number of nitrogens with one attached hydrogen (secondary N) is 1. The minimum atomic E-state index is -3.39. The molecule has 4 aliphatic rings. The Hall–Kier alpha value is -0.810. The second-order valence-electron chi connectivity index (χ2n) is 8.36. The first-order valence-corrected chi connectivity index (χ1v) is 12.6. The highest BCUT2D eigenvalue weighted by Crippen LogP contribution is 2.49. The minimum Gasteiger partial charge on any atom is -0.330 e. The predicted molar refractivity (Wildman–Crippen MR) is 108 cm³/mol. The minimum absolute atomic E-state index is 0.0539. The largest absolute Gasteiger partial charge is 0.330 e. The van der Waals surface area contributed by atoms with Gasteiger partial charge in [0.05, 0.1) is 5.25 Å². The van der Waals surface area contributed by atoms with Crippen LogP contribution in [0.1, 0.15) is 32.1 Å². The van der Waals surface area contributed by atoms with E-state index in [2.05, 4.69) is 28.7 Å². The molecule has 0 saturated heterocycles. The first-order valence-electron chi connectivity index (χ1n) is 10.0. The average Bonchev–Trinajstić information content (AvgIpc) is 2.96. The first kappa shape index (κ1) is 19.5. The fraction of sp³-hybridized carbons (Fsp3) is 0.750. The summed E-state index contributed by atoms with van der Waals surface area (Å²) in [6.45, 7) is 0.961. The molecule has 0 aromatic rings. The fourth-order valence-electron chi connectivity index (χ4n) is 5.04. The Balaban J connectivity index is 1.26. The molecule has 0 radical (unpaired) electrons. The van der Waals surface area contributed by atoms with Crippen LogP contribution in [-0.2, 0) is 14.8 Å². The van der Waals surface area contributed by atoms with Crippen molar-refractivity contribution in [2.45, 2.75) is 37.4 Å². The number of fused-ring (bicyclic) bond motifs is 1. The van der Waals surface area contributed by atoms with Crippen molar-refractivity contribution in [3.05, 3.63) is 12.2 Å². The van der Waals surface area contributed by atoms with E-state index in [9.17, 15) is 13.2 Å². The average molecular weight is 409 g/mol. The van der Waals surface area contributed by atoms with E-state index in [0.717, 1.165) is 25.7 Å². The van der Waals surface area contributed by atoms with Crippen LogP contribution in [0, 0.1) is 47.3 Å². The van der Waals surface area contributed by atoms with Crippen molar-refractivity contribution in [1.29, 1.82) is 0 Å². The third kappa shape index (κ3) is 4.00. The number of sulfonamides is 1. The van der Waals surface area contributed by atoms with Gasteiger partial charge in [-0.05, 0) is 56.4 Å². The van der Waals surface area contributed by atoms with Gasteiger partial charge < -0.3 is 5.73 Å². The molecule has 7 atom stereocenters. The lowest BCUT2D eigenvalue weighted by molar-refractivity contribution is -0.114. The van der Waals surface area contributed by atoms with Crippen molar-refractivity contribution < 1.29 is 13.2 Å². The lowest BCUT2D eigenvalue weighted by Crippen LogP contribution is -2.49. The Labute approximate surface area is 166 Å². The van der Waals surface area contributed by atoms with Crippen LogP contribution in [0.15, 0.2) is 12.2 Å². The van der Waals surface area contributed by atoms with Gasteiger partial charge in [-0.1, -0.05) is 35.8 Å². The van der Waals surface area contributed by atoms with E-state index in [4.69, 9.17) is 5.73 Å². The van der Waals surface area contributed by atoms with Gasteiger partial charge >= 0.3 is 0 Å². The van der Waals surface area contributed by atoms with E-state index in [0.29, 0.717) is 37.1 Å². The molecular formula is C20H28N2O3S2. The Morgan fingerprint density at radius 2 is 2.04 bits per heavy atom. The quantitative estimate of drug-likeness (QED) is 0.381. The van der Waals surface area contributed by atoms with E-state index >= 15 is 0 Å². The summed E-state index contributed by atoms with van der Waals surface area (Å²) >= 11 is 1.26. The van der Waals surface area contributed by atoms with Crippen molar-refractivity contribution in [1.82, 2.24) is 4.72 Å². The summed E-state index contributed by atoms with van der Waals surface area (Å²) in [7, 11) is -3.39. The lowest BCUT2D eigenvalue weighted by Gasteiger charge is -2.44. The highest BCUT2D eigenvalue weighted by Gasteiger charge is 2.50. The molecule has 4 rings (SSSR count). The summed E-state index contributed by atoms with van der Waals surface area (Å²) in [4.78, 5) is 12.3. The molecule has 7 heteroatoms. The summed E-state index contributed by atoms with van der Waals surface area (Å²) in [6.07, 6.45) is 8.65. The summed E-state index contributed by atoms with van der Waals surface area (Å²) in [5.41, 5.74) is 5.69. The first-order chi connectivity index (χ1) is 13.0. The topological polar surface area (TPSA) is 89.3 Å². The van der Waals surface area contributed by atoms with E-state index < -0.39 is 10.0 Å². The SMILES string of the molecule is NCC1CCC(C(=O)SCCNS(=O)(=O)C2C[C@@H]3C#CC4C2C[C@H]4C=C3)C1. The number of rotatable bonds is 7. The zero-order valence-electron chi connectivity index (χ0n) is 15.5. The molecule has 148 valence electrons. The van der Waals surface area contributed by atoms with E-state index in [1.807, 2.05) is 0 Å². The van der Waals surface area contributed by atoms with E-state index in [-0.39, 0.29) is 34.0 Å². The molecule has 2 saturated carbocycles. The Kier molecular flexibility index (Phi) is 5.71. The summed E-state index contributed by atoms with van der Waals surface area (Å²) in [5, 5.41) is -0.188. The highest BCUT2D eigenvalue weighted by atomic mass is 32.2. The van der Waals surface area contributed by atoms with Crippen LogP contribution in [0.25, 0.3) is 0 Å². The molecule has 27 heavy (non-hydrogen) atoms. The molecule has 0 spiro atoms. The molecule has 2 bridgehead atoms. The van der Waals surface area contributed by atoms with Gasteiger partial charge in [0.1, 0.15) is 0 Å². The van der Waals surface area contributed by atoms with Crippen molar-refractivity contribution in [3.8, 4) is 11.8 Å². The maximum Gasteiger partial charge on any atom is 0.214 e. The second kappa shape index (κ2) is 7.90. The van der Waals surface area contributed by atoms with Gasteiger partial charge in [0.15, 0.2) is 5.12 Å². The molecule has 4 aliphatic carbocycles. The number of carbonyl (C=O) groups is 1. The van der Waals surface area contributed by atoms with Crippen molar-refractivity contribution in [2.75, 3.05) is 18.8 Å². The number of carbonyl (C=O) groups excluding carboxylic acids is 1. The van der Waals surface area contributed by atoms with Crippen LogP contribution in [0.2, 0.25) is 0 Å². The molecule has 0 aromatic heterocycles. The molecule has 2 fully saturated rings. The molecule has 0 heterocycles. The number of hydrogen-bond donors (Lipinski definition) is 2. The van der Waals surface area contributed by atoms with Gasteiger partial charge in [-0.2, -0.15) is 0 Å².